The van der Waals surface area contributed by atoms with Gasteiger partial charge >= 0.3 is 0 Å². The predicted molar refractivity (Wildman–Crippen MR) is 54.2 cm³/mol. The van der Waals surface area contributed by atoms with Crippen LogP contribution < -0.4 is 5.73 Å². The van der Waals surface area contributed by atoms with Gasteiger partial charge in [0.05, 0.1) is 25.9 Å². The lowest BCUT2D eigenvalue weighted by atomic mass is 10.0. The summed E-state index contributed by atoms with van der Waals surface area (Å²) in [5.41, 5.74) is 5.98. The first kappa shape index (κ1) is 11.9. The van der Waals surface area contributed by atoms with Crippen molar-refractivity contribution in [3.8, 4) is 0 Å². The Balaban J connectivity index is 2.10. The maximum Gasteiger partial charge on any atom is 0.0781 e. The highest BCUT2D eigenvalue weighted by molar-refractivity contribution is 4.76. The Kier molecular flexibility index (Phi) is 5.40. The minimum Gasteiger partial charge on any atom is -0.382 e. The van der Waals surface area contributed by atoms with Gasteiger partial charge in [0.2, 0.25) is 0 Å². The third-order valence-electron chi connectivity index (χ3n) is 2.54. The lowest BCUT2D eigenvalue weighted by Crippen LogP contribution is -2.36. The van der Waals surface area contributed by atoms with E-state index in [9.17, 15) is 0 Å². The highest BCUT2D eigenvalue weighted by Crippen LogP contribution is 2.15. The van der Waals surface area contributed by atoms with E-state index in [1.165, 1.54) is 0 Å². The molecule has 0 amide bonds. The second-order valence-corrected chi connectivity index (χ2v) is 3.89. The van der Waals surface area contributed by atoms with Crippen LogP contribution in [0.15, 0.2) is 0 Å². The molecule has 0 saturated carbocycles. The molecule has 84 valence electrons. The van der Waals surface area contributed by atoms with Gasteiger partial charge in [-0.1, -0.05) is 0 Å². The molecule has 1 aliphatic heterocycles. The molecule has 0 aliphatic carbocycles. The van der Waals surface area contributed by atoms with Gasteiger partial charge in [-0.2, -0.15) is 0 Å². The lowest BCUT2D eigenvalue weighted by Gasteiger charge is -2.20. The smallest absolute Gasteiger partial charge is 0.0781 e. The van der Waals surface area contributed by atoms with Gasteiger partial charge in [0.1, 0.15) is 0 Å². The van der Waals surface area contributed by atoms with E-state index >= 15 is 0 Å². The number of nitrogens with two attached hydrogens (primary N) is 1. The van der Waals surface area contributed by atoms with E-state index in [0.29, 0.717) is 19.1 Å². The zero-order valence-electron chi connectivity index (χ0n) is 9.07. The quantitative estimate of drug-likeness (QED) is 0.679. The predicted octanol–water partition coefficient (Wildman–Crippen LogP) is 0.402. The molecule has 4 nitrogen and oxygen atoms in total. The molecule has 1 aliphatic rings. The van der Waals surface area contributed by atoms with Gasteiger partial charge in [-0.3, -0.25) is 0 Å². The second kappa shape index (κ2) is 6.35. The van der Waals surface area contributed by atoms with E-state index < -0.39 is 0 Å². The van der Waals surface area contributed by atoms with Crippen LogP contribution in [0.25, 0.3) is 0 Å². The van der Waals surface area contributed by atoms with Crippen molar-refractivity contribution < 1.29 is 14.2 Å². The molecule has 1 saturated heterocycles. The summed E-state index contributed by atoms with van der Waals surface area (Å²) in [4.78, 5) is 0. The van der Waals surface area contributed by atoms with Crippen molar-refractivity contribution in [2.45, 2.75) is 25.5 Å². The van der Waals surface area contributed by atoms with Crippen molar-refractivity contribution >= 4 is 0 Å². The Bertz CT molecular complexity index is 148. The molecule has 1 rings (SSSR count). The molecule has 0 spiro atoms. The topological polar surface area (TPSA) is 53.7 Å². The van der Waals surface area contributed by atoms with E-state index in [-0.39, 0.29) is 12.1 Å². The maximum atomic E-state index is 5.98. The Morgan fingerprint density at radius 3 is 2.86 bits per heavy atom. The van der Waals surface area contributed by atoms with Crippen molar-refractivity contribution in [1.29, 1.82) is 0 Å². The molecule has 3 atom stereocenters. The normalized spacial score (nSPS) is 26.4. The van der Waals surface area contributed by atoms with E-state index in [1.807, 2.05) is 6.92 Å². The van der Waals surface area contributed by atoms with E-state index in [2.05, 4.69) is 0 Å². The molecule has 0 aromatic heterocycles. The Morgan fingerprint density at radius 2 is 2.29 bits per heavy atom. The largest absolute Gasteiger partial charge is 0.382 e. The summed E-state index contributed by atoms with van der Waals surface area (Å²) in [5.74, 6) is 0.463. The van der Waals surface area contributed by atoms with Gasteiger partial charge in [0.25, 0.3) is 0 Å². The molecule has 3 unspecified atom stereocenters. The van der Waals surface area contributed by atoms with E-state index in [1.54, 1.807) is 7.11 Å². The fourth-order valence-corrected chi connectivity index (χ4v) is 1.58. The molecule has 14 heavy (non-hydrogen) atoms. The highest BCUT2D eigenvalue weighted by atomic mass is 16.5. The molecule has 1 fully saturated rings. The van der Waals surface area contributed by atoms with Gasteiger partial charge in [0.15, 0.2) is 0 Å². The van der Waals surface area contributed by atoms with Crippen LogP contribution in [0.3, 0.4) is 0 Å². The summed E-state index contributed by atoms with van der Waals surface area (Å²) in [6, 6.07) is 0.0943. The summed E-state index contributed by atoms with van der Waals surface area (Å²) in [7, 11) is 1.67. The van der Waals surface area contributed by atoms with Crippen molar-refractivity contribution in [2.24, 2.45) is 11.7 Å². The first-order chi connectivity index (χ1) is 6.74. The standard InChI is InChI=1S/C10H21NO3/c1-8(5-12-2)14-7-10(11)9-3-4-13-6-9/h8-10H,3-7,11H2,1-2H3. The fourth-order valence-electron chi connectivity index (χ4n) is 1.58. The second-order valence-electron chi connectivity index (χ2n) is 3.89. The Labute approximate surface area is 85.7 Å². The summed E-state index contributed by atoms with van der Waals surface area (Å²) in [6.45, 7) is 4.82. The highest BCUT2D eigenvalue weighted by Gasteiger charge is 2.23. The Morgan fingerprint density at radius 1 is 1.50 bits per heavy atom. The van der Waals surface area contributed by atoms with Gasteiger partial charge in [-0.15, -0.1) is 0 Å². The number of methoxy groups -OCH3 is 1. The van der Waals surface area contributed by atoms with Gasteiger partial charge in [-0.25, -0.2) is 0 Å². The van der Waals surface area contributed by atoms with Crippen LogP contribution in [0.4, 0.5) is 0 Å². The van der Waals surface area contributed by atoms with Crippen molar-refractivity contribution in [2.75, 3.05) is 33.5 Å². The van der Waals surface area contributed by atoms with Crippen LogP contribution in [0.5, 0.6) is 0 Å². The van der Waals surface area contributed by atoms with Crippen molar-refractivity contribution in [1.82, 2.24) is 0 Å². The first-order valence-electron chi connectivity index (χ1n) is 5.18. The van der Waals surface area contributed by atoms with Crippen LogP contribution in [0.2, 0.25) is 0 Å². The van der Waals surface area contributed by atoms with Crippen LogP contribution in [0, 0.1) is 5.92 Å². The summed E-state index contributed by atoms with van der Waals surface area (Å²) in [6.07, 6.45) is 1.18. The lowest BCUT2D eigenvalue weighted by molar-refractivity contribution is -0.00273. The zero-order valence-corrected chi connectivity index (χ0v) is 9.07. The molecular formula is C10H21NO3. The van der Waals surface area contributed by atoms with Crippen LogP contribution in [-0.2, 0) is 14.2 Å². The molecule has 0 radical (unpaired) electrons. The molecule has 0 aromatic rings. The van der Waals surface area contributed by atoms with E-state index in [4.69, 9.17) is 19.9 Å². The third-order valence-corrected chi connectivity index (χ3v) is 2.54. The third kappa shape index (κ3) is 3.92. The average molecular weight is 203 g/mol. The first-order valence-corrected chi connectivity index (χ1v) is 5.18. The molecule has 2 N–H and O–H groups in total. The number of hydrogen-bond donors (Lipinski definition) is 1. The number of rotatable bonds is 6. The SMILES string of the molecule is COCC(C)OCC(N)C1CCOC1. The molecule has 1 heterocycles. The van der Waals surface area contributed by atoms with Crippen molar-refractivity contribution in [3.05, 3.63) is 0 Å². The van der Waals surface area contributed by atoms with E-state index in [0.717, 1.165) is 19.6 Å². The molecule has 0 bridgehead atoms. The van der Waals surface area contributed by atoms with Gasteiger partial charge in [-0.05, 0) is 13.3 Å². The molecular weight excluding hydrogens is 182 g/mol. The minimum absolute atomic E-state index is 0.0943. The van der Waals surface area contributed by atoms with Crippen LogP contribution in [-0.4, -0.2) is 45.7 Å². The number of hydrogen-bond acceptors (Lipinski definition) is 4. The summed E-state index contributed by atoms with van der Waals surface area (Å²) >= 11 is 0. The minimum atomic E-state index is 0.0943. The average Bonchev–Trinajstić information content (AvgIpc) is 2.67. The Hall–Kier alpha value is -0.160. The van der Waals surface area contributed by atoms with Crippen LogP contribution in [0.1, 0.15) is 13.3 Å². The fraction of sp³-hybridized carbons (Fsp3) is 1.00. The molecule has 4 heteroatoms. The number of ether oxygens (including phenoxy) is 3. The summed E-state index contributed by atoms with van der Waals surface area (Å²) in [5, 5.41) is 0. The van der Waals surface area contributed by atoms with Gasteiger partial charge in [0, 0.05) is 25.7 Å². The monoisotopic (exact) mass is 203 g/mol. The van der Waals surface area contributed by atoms with Crippen LogP contribution >= 0.6 is 0 Å². The summed E-state index contributed by atoms with van der Waals surface area (Å²) < 4.78 is 15.8. The van der Waals surface area contributed by atoms with Gasteiger partial charge < -0.3 is 19.9 Å². The maximum absolute atomic E-state index is 5.98. The zero-order chi connectivity index (χ0) is 10.4. The van der Waals surface area contributed by atoms with Crippen molar-refractivity contribution in [3.63, 3.8) is 0 Å². The molecule has 0 aromatic carbocycles.